The molecule has 0 fully saturated rings. The van der Waals surface area contributed by atoms with E-state index in [9.17, 15) is 13.6 Å². The summed E-state index contributed by atoms with van der Waals surface area (Å²) < 4.78 is 31.4. The first kappa shape index (κ1) is 15.0. The summed E-state index contributed by atoms with van der Waals surface area (Å²) >= 11 is 5.98. The molecular weight excluding hydrogens is 302 g/mol. The number of hydrogen-bond acceptors (Lipinski definition) is 2. The third kappa shape index (κ3) is 4.29. The summed E-state index contributed by atoms with van der Waals surface area (Å²) in [4.78, 5) is 10.4. The van der Waals surface area contributed by atoms with E-state index in [1.54, 1.807) is 6.07 Å². The highest BCUT2D eigenvalue weighted by Gasteiger charge is 2.07. The highest BCUT2D eigenvalue weighted by Crippen LogP contribution is 2.31. The fourth-order valence-corrected chi connectivity index (χ4v) is 1.81. The van der Waals surface area contributed by atoms with E-state index >= 15 is 0 Å². The second-order valence-corrected chi connectivity index (χ2v) is 4.48. The molecule has 2 aromatic carbocycles. The van der Waals surface area contributed by atoms with Crippen LogP contribution in [0.5, 0.6) is 11.5 Å². The van der Waals surface area contributed by atoms with Gasteiger partial charge in [0.25, 0.3) is 0 Å². The Morgan fingerprint density at radius 1 is 1.14 bits per heavy atom. The lowest BCUT2D eigenvalue weighted by atomic mass is 10.2. The van der Waals surface area contributed by atoms with E-state index in [1.165, 1.54) is 18.2 Å². The average molecular weight is 311 g/mol. The molecule has 0 atom stereocenters. The van der Waals surface area contributed by atoms with Gasteiger partial charge in [-0.25, -0.2) is 13.6 Å². The Labute approximate surface area is 124 Å². The minimum Gasteiger partial charge on any atom is -0.478 e. The van der Waals surface area contributed by atoms with Crippen LogP contribution in [0.25, 0.3) is 6.08 Å². The number of rotatable bonds is 4. The quantitative estimate of drug-likeness (QED) is 0.845. The van der Waals surface area contributed by atoms with Crippen molar-refractivity contribution in [3.05, 3.63) is 64.7 Å². The molecule has 0 heterocycles. The van der Waals surface area contributed by atoms with E-state index in [-0.39, 0.29) is 16.5 Å². The normalized spacial score (nSPS) is 10.8. The minimum atomic E-state index is -1.08. The molecule has 0 amide bonds. The van der Waals surface area contributed by atoms with Gasteiger partial charge in [0.1, 0.15) is 23.1 Å². The molecule has 0 aliphatic carbocycles. The van der Waals surface area contributed by atoms with Crippen molar-refractivity contribution < 1.29 is 23.4 Å². The molecule has 21 heavy (non-hydrogen) atoms. The summed E-state index contributed by atoms with van der Waals surface area (Å²) in [7, 11) is 0. The van der Waals surface area contributed by atoms with Crippen LogP contribution in [0.15, 0.2) is 42.5 Å². The van der Waals surface area contributed by atoms with Gasteiger partial charge in [-0.1, -0.05) is 17.7 Å². The van der Waals surface area contributed by atoms with Crippen molar-refractivity contribution in [1.29, 1.82) is 0 Å². The molecule has 0 bridgehead atoms. The standard InChI is InChI=1S/C15H9ClF2O3/c16-13-5-9(2-4-15(19)20)1-3-14(13)21-12-7-10(17)6-11(18)8-12/h1-8H,(H,19,20)/b4-2+. The van der Waals surface area contributed by atoms with Crippen molar-refractivity contribution in [3.8, 4) is 11.5 Å². The summed E-state index contributed by atoms with van der Waals surface area (Å²) in [5, 5.41) is 8.72. The second-order valence-electron chi connectivity index (χ2n) is 4.07. The van der Waals surface area contributed by atoms with Gasteiger partial charge in [-0.05, 0) is 23.8 Å². The number of ether oxygens (including phenoxy) is 1. The molecular formula is C15H9ClF2O3. The van der Waals surface area contributed by atoms with Gasteiger partial charge >= 0.3 is 5.97 Å². The average Bonchev–Trinajstić information content (AvgIpc) is 2.38. The van der Waals surface area contributed by atoms with E-state index in [4.69, 9.17) is 21.4 Å². The molecule has 3 nitrogen and oxygen atoms in total. The summed E-state index contributed by atoms with van der Waals surface area (Å²) in [6.45, 7) is 0. The Kier molecular flexibility index (Phi) is 4.55. The molecule has 2 rings (SSSR count). The fraction of sp³-hybridized carbons (Fsp3) is 0. The van der Waals surface area contributed by atoms with E-state index in [0.717, 1.165) is 24.3 Å². The van der Waals surface area contributed by atoms with Crippen LogP contribution in [0.2, 0.25) is 5.02 Å². The molecule has 6 heteroatoms. The van der Waals surface area contributed by atoms with Gasteiger partial charge in [-0.15, -0.1) is 0 Å². The van der Waals surface area contributed by atoms with Crippen LogP contribution in [0.1, 0.15) is 5.56 Å². The van der Waals surface area contributed by atoms with E-state index < -0.39 is 17.6 Å². The van der Waals surface area contributed by atoms with Crippen molar-refractivity contribution in [2.24, 2.45) is 0 Å². The Hall–Kier alpha value is -2.40. The van der Waals surface area contributed by atoms with Crippen molar-refractivity contribution in [3.63, 3.8) is 0 Å². The highest BCUT2D eigenvalue weighted by molar-refractivity contribution is 6.32. The topological polar surface area (TPSA) is 46.5 Å². The predicted octanol–water partition coefficient (Wildman–Crippen LogP) is 4.51. The van der Waals surface area contributed by atoms with Gasteiger partial charge in [0.05, 0.1) is 5.02 Å². The Bertz CT molecular complexity index is 694. The molecule has 0 aromatic heterocycles. The van der Waals surface area contributed by atoms with Gasteiger partial charge in [-0.3, -0.25) is 0 Å². The highest BCUT2D eigenvalue weighted by atomic mass is 35.5. The van der Waals surface area contributed by atoms with Gasteiger partial charge < -0.3 is 9.84 Å². The zero-order valence-electron chi connectivity index (χ0n) is 10.5. The van der Waals surface area contributed by atoms with Crippen molar-refractivity contribution >= 4 is 23.6 Å². The van der Waals surface area contributed by atoms with E-state index in [1.807, 2.05) is 0 Å². The van der Waals surface area contributed by atoms with E-state index in [2.05, 4.69) is 0 Å². The molecule has 0 saturated heterocycles. The molecule has 2 aromatic rings. The summed E-state index contributed by atoms with van der Waals surface area (Å²) in [5.41, 5.74) is 0.556. The number of benzene rings is 2. The molecule has 0 radical (unpaired) electrons. The maximum absolute atomic E-state index is 13.1. The largest absolute Gasteiger partial charge is 0.478 e. The molecule has 1 N–H and O–H groups in total. The first-order valence-corrected chi connectivity index (χ1v) is 6.16. The second kappa shape index (κ2) is 6.37. The summed E-state index contributed by atoms with van der Waals surface area (Å²) in [6.07, 6.45) is 2.33. The molecule has 0 spiro atoms. The van der Waals surface area contributed by atoms with Crippen molar-refractivity contribution in [2.45, 2.75) is 0 Å². The number of aliphatic carboxylic acids is 1. The lowest BCUT2D eigenvalue weighted by Gasteiger charge is -2.08. The number of carbonyl (C=O) groups is 1. The number of carboxylic acids is 1. The molecule has 0 aliphatic heterocycles. The van der Waals surface area contributed by atoms with Gasteiger partial charge in [0.2, 0.25) is 0 Å². The first-order valence-electron chi connectivity index (χ1n) is 5.78. The van der Waals surface area contributed by atoms with Gasteiger partial charge in [0.15, 0.2) is 0 Å². The van der Waals surface area contributed by atoms with Crippen molar-refractivity contribution in [2.75, 3.05) is 0 Å². The number of hydrogen-bond donors (Lipinski definition) is 1. The summed E-state index contributed by atoms with van der Waals surface area (Å²) in [5.74, 6) is -2.43. The SMILES string of the molecule is O=C(O)/C=C/c1ccc(Oc2cc(F)cc(F)c2)c(Cl)c1. The van der Waals surface area contributed by atoms with Crippen LogP contribution in [-0.2, 0) is 4.79 Å². The number of halogens is 3. The predicted molar refractivity (Wildman–Crippen MR) is 74.6 cm³/mol. The zero-order chi connectivity index (χ0) is 15.4. The number of carboxylic acid groups (broad SMARTS) is 1. The van der Waals surface area contributed by atoms with Gasteiger partial charge in [-0.2, -0.15) is 0 Å². The third-order valence-electron chi connectivity index (χ3n) is 2.44. The maximum atomic E-state index is 13.1. The van der Waals surface area contributed by atoms with Crippen LogP contribution in [0.4, 0.5) is 8.78 Å². The van der Waals surface area contributed by atoms with E-state index in [0.29, 0.717) is 5.56 Å². The van der Waals surface area contributed by atoms with Crippen LogP contribution in [0.3, 0.4) is 0 Å². The third-order valence-corrected chi connectivity index (χ3v) is 2.73. The summed E-state index contributed by atoms with van der Waals surface area (Å²) in [6, 6.07) is 7.30. The van der Waals surface area contributed by atoms with Crippen LogP contribution < -0.4 is 4.74 Å². The smallest absolute Gasteiger partial charge is 0.328 e. The lowest BCUT2D eigenvalue weighted by molar-refractivity contribution is -0.131. The first-order chi connectivity index (χ1) is 9.94. The molecule has 0 saturated carbocycles. The zero-order valence-corrected chi connectivity index (χ0v) is 11.3. The van der Waals surface area contributed by atoms with Gasteiger partial charge in [0, 0.05) is 24.3 Å². The molecule has 0 aliphatic rings. The monoisotopic (exact) mass is 310 g/mol. The van der Waals surface area contributed by atoms with Crippen LogP contribution >= 0.6 is 11.6 Å². The minimum absolute atomic E-state index is 0.0248. The maximum Gasteiger partial charge on any atom is 0.328 e. The Morgan fingerprint density at radius 3 is 2.38 bits per heavy atom. The lowest BCUT2D eigenvalue weighted by Crippen LogP contribution is -1.89. The Balaban J connectivity index is 2.23. The van der Waals surface area contributed by atoms with Crippen molar-refractivity contribution in [1.82, 2.24) is 0 Å². The molecule has 0 unspecified atom stereocenters. The Morgan fingerprint density at radius 2 is 1.81 bits per heavy atom. The fourth-order valence-electron chi connectivity index (χ4n) is 1.59. The van der Waals surface area contributed by atoms with Crippen LogP contribution in [0, 0.1) is 11.6 Å². The molecule has 108 valence electrons. The van der Waals surface area contributed by atoms with Crippen LogP contribution in [-0.4, -0.2) is 11.1 Å².